The molecule has 7 heteroatoms. The zero-order chi connectivity index (χ0) is 15.5. The van der Waals surface area contributed by atoms with Crippen molar-refractivity contribution in [1.29, 1.82) is 0 Å². The number of carbonyl (C=O) groups is 3. The fourth-order valence-electron chi connectivity index (χ4n) is 3.02. The summed E-state index contributed by atoms with van der Waals surface area (Å²) in [6.07, 6.45) is 2.84. The second-order valence-electron chi connectivity index (χ2n) is 5.65. The van der Waals surface area contributed by atoms with Gasteiger partial charge in [0, 0.05) is 0 Å². The lowest BCUT2D eigenvalue weighted by Gasteiger charge is -2.30. The van der Waals surface area contributed by atoms with Crippen LogP contribution in [0.25, 0.3) is 0 Å². The van der Waals surface area contributed by atoms with Crippen molar-refractivity contribution in [1.82, 2.24) is 10.2 Å². The van der Waals surface area contributed by atoms with E-state index in [0.717, 1.165) is 24.2 Å². The van der Waals surface area contributed by atoms with Crippen molar-refractivity contribution in [3.8, 4) is 0 Å². The summed E-state index contributed by atoms with van der Waals surface area (Å²) in [6, 6.07) is -0.482. The molecular weight excluding hydrogens is 276 g/mol. The van der Waals surface area contributed by atoms with E-state index in [1.165, 1.54) is 0 Å². The van der Waals surface area contributed by atoms with Gasteiger partial charge in [-0.2, -0.15) is 0 Å². The molecule has 2 fully saturated rings. The fourth-order valence-corrected chi connectivity index (χ4v) is 3.02. The van der Waals surface area contributed by atoms with Gasteiger partial charge in [-0.25, -0.2) is 4.79 Å². The molecule has 1 spiro atoms. The first-order valence-electron chi connectivity index (χ1n) is 7.46. The zero-order valence-electron chi connectivity index (χ0n) is 12.3. The van der Waals surface area contributed by atoms with E-state index >= 15 is 0 Å². The number of imide groups is 1. The first kappa shape index (κ1) is 15.8. The van der Waals surface area contributed by atoms with Gasteiger partial charge >= 0.3 is 12.0 Å². The first-order chi connectivity index (χ1) is 9.98. The maximum atomic E-state index is 12.5. The normalized spacial score (nSPS) is 22.3. The minimum absolute atomic E-state index is 0.175. The second-order valence-corrected chi connectivity index (χ2v) is 5.65. The lowest BCUT2D eigenvalue weighted by molar-refractivity contribution is -0.146. The average Bonchev–Trinajstić information content (AvgIpc) is 2.64. The fraction of sp³-hybridized carbons (Fsp3) is 0.786. The first-order valence-corrected chi connectivity index (χ1v) is 7.46. The molecule has 2 N–H and O–H groups in total. The van der Waals surface area contributed by atoms with Gasteiger partial charge in [0.2, 0.25) is 0 Å². The Bertz CT molecular complexity index is 431. The van der Waals surface area contributed by atoms with Gasteiger partial charge in [-0.15, -0.1) is 0 Å². The number of carbonyl (C=O) groups excluding carboxylic acids is 3. The lowest BCUT2D eigenvalue weighted by Crippen LogP contribution is -2.48. The maximum absolute atomic E-state index is 12.5. The van der Waals surface area contributed by atoms with Crippen molar-refractivity contribution in [2.45, 2.75) is 57.1 Å². The molecule has 1 aliphatic carbocycles. The molecular formula is C14H22N2O5. The third-order valence-electron chi connectivity index (χ3n) is 4.05. The van der Waals surface area contributed by atoms with Crippen molar-refractivity contribution in [3.63, 3.8) is 0 Å². The number of esters is 1. The number of aliphatic hydroxyl groups excluding tert-OH is 1. The van der Waals surface area contributed by atoms with Crippen molar-refractivity contribution < 1.29 is 24.2 Å². The molecule has 2 rings (SSSR count). The lowest BCUT2D eigenvalue weighted by atomic mass is 9.82. The predicted molar refractivity (Wildman–Crippen MR) is 73.3 cm³/mol. The number of rotatable bonds is 5. The van der Waals surface area contributed by atoms with E-state index in [9.17, 15) is 19.5 Å². The Balaban J connectivity index is 1.95. The molecule has 1 atom stereocenters. The van der Waals surface area contributed by atoms with Gasteiger partial charge in [0.05, 0.1) is 25.7 Å². The molecule has 1 aliphatic heterocycles. The highest BCUT2D eigenvalue weighted by Gasteiger charge is 2.51. The van der Waals surface area contributed by atoms with Gasteiger partial charge in [0.25, 0.3) is 5.91 Å². The monoisotopic (exact) mass is 298 g/mol. The molecule has 0 aromatic carbocycles. The Morgan fingerprint density at radius 2 is 2.05 bits per heavy atom. The molecule has 1 heterocycles. The summed E-state index contributed by atoms with van der Waals surface area (Å²) in [5.41, 5.74) is -0.793. The summed E-state index contributed by atoms with van der Waals surface area (Å²) in [6.45, 7) is 1.73. The van der Waals surface area contributed by atoms with Crippen LogP contribution < -0.4 is 5.32 Å². The molecule has 3 amide bonds. The predicted octanol–water partition coefficient (Wildman–Crippen LogP) is 0.555. The second kappa shape index (κ2) is 6.43. The SMILES string of the molecule is CCOC(=O)CC(O)CN1C(=O)NC2(CCCCC2)C1=O. The number of aliphatic hydroxyl groups is 1. The minimum atomic E-state index is -1.10. The number of nitrogens with one attached hydrogen (secondary N) is 1. The summed E-state index contributed by atoms with van der Waals surface area (Å²) in [5, 5.41) is 12.6. The maximum Gasteiger partial charge on any atom is 0.325 e. The van der Waals surface area contributed by atoms with Crippen molar-refractivity contribution >= 4 is 17.9 Å². The van der Waals surface area contributed by atoms with Crippen LogP contribution in [0.1, 0.15) is 45.4 Å². The summed E-state index contributed by atoms with van der Waals surface area (Å²) in [7, 11) is 0. The summed E-state index contributed by atoms with van der Waals surface area (Å²) in [4.78, 5) is 36.7. The number of hydrogen-bond acceptors (Lipinski definition) is 5. The molecule has 1 saturated heterocycles. The van der Waals surface area contributed by atoms with Crippen LogP contribution in [0.4, 0.5) is 4.79 Å². The number of ether oxygens (including phenoxy) is 1. The number of amides is 3. The quantitative estimate of drug-likeness (QED) is 0.571. The third-order valence-corrected chi connectivity index (χ3v) is 4.05. The van der Waals surface area contributed by atoms with Gasteiger partial charge in [-0.3, -0.25) is 14.5 Å². The van der Waals surface area contributed by atoms with Crippen LogP contribution in [0, 0.1) is 0 Å². The van der Waals surface area contributed by atoms with Crippen LogP contribution in [0.15, 0.2) is 0 Å². The standard InChI is InChI=1S/C14H22N2O5/c1-2-21-11(18)8-10(17)9-16-12(19)14(15-13(16)20)6-4-3-5-7-14/h10,17H,2-9H2,1H3,(H,15,20). The van der Waals surface area contributed by atoms with Crippen molar-refractivity contribution in [2.75, 3.05) is 13.2 Å². The van der Waals surface area contributed by atoms with E-state index in [2.05, 4.69) is 5.32 Å². The van der Waals surface area contributed by atoms with Crippen molar-refractivity contribution in [2.24, 2.45) is 0 Å². The van der Waals surface area contributed by atoms with Crippen LogP contribution in [0.5, 0.6) is 0 Å². The summed E-state index contributed by atoms with van der Waals surface area (Å²) in [5.74, 6) is -0.820. The highest BCUT2D eigenvalue weighted by Crippen LogP contribution is 2.33. The molecule has 118 valence electrons. The topological polar surface area (TPSA) is 95.9 Å². The Hall–Kier alpha value is -1.63. The van der Waals surface area contributed by atoms with Gasteiger partial charge in [0.15, 0.2) is 0 Å². The van der Waals surface area contributed by atoms with Crippen LogP contribution in [0.3, 0.4) is 0 Å². The van der Waals surface area contributed by atoms with E-state index in [-0.39, 0.29) is 25.5 Å². The Labute approximate surface area is 123 Å². The van der Waals surface area contributed by atoms with Gasteiger partial charge in [0.1, 0.15) is 5.54 Å². The summed E-state index contributed by atoms with van der Waals surface area (Å²) < 4.78 is 4.74. The van der Waals surface area contributed by atoms with E-state index < -0.39 is 23.6 Å². The Morgan fingerprint density at radius 1 is 1.38 bits per heavy atom. The number of β-amino-alcohol motifs (C(OH)–C–C–N with tert-alkyl or cyclic N) is 1. The molecule has 0 aromatic rings. The van der Waals surface area contributed by atoms with Crippen LogP contribution >= 0.6 is 0 Å². The molecule has 21 heavy (non-hydrogen) atoms. The minimum Gasteiger partial charge on any atom is -0.466 e. The number of urea groups is 1. The van der Waals surface area contributed by atoms with E-state index in [4.69, 9.17) is 4.74 Å². The Morgan fingerprint density at radius 3 is 2.67 bits per heavy atom. The molecule has 0 bridgehead atoms. The van der Waals surface area contributed by atoms with E-state index in [1.54, 1.807) is 6.92 Å². The molecule has 0 radical (unpaired) electrons. The van der Waals surface area contributed by atoms with E-state index in [1.807, 2.05) is 0 Å². The van der Waals surface area contributed by atoms with Gasteiger partial charge in [-0.1, -0.05) is 19.3 Å². The third kappa shape index (κ3) is 3.34. The summed E-state index contributed by atoms with van der Waals surface area (Å²) >= 11 is 0. The van der Waals surface area contributed by atoms with Crippen LogP contribution in [-0.4, -0.2) is 52.7 Å². The smallest absolute Gasteiger partial charge is 0.325 e. The van der Waals surface area contributed by atoms with Crippen LogP contribution in [-0.2, 0) is 14.3 Å². The molecule has 2 aliphatic rings. The van der Waals surface area contributed by atoms with Crippen molar-refractivity contribution in [3.05, 3.63) is 0 Å². The highest BCUT2D eigenvalue weighted by molar-refractivity contribution is 6.07. The Kier molecular flexibility index (Phi) is 4.82. The largest absolute Gasteiger partial charge is 0.466 e. The molecule has 7 nitrogen and oxygen atoms in total. The zero-order valence-corrected chi connectivity index (χ0v) is 12.3. The highest BCUT2D eigenvalue weighted by atomic mass is 16.5. The van der Waals surface area contributed by atoms with Gasteiger partial charge < -0.3 is 15.2 Å². The number of hydrogen-bond donors (Lipinski definition) is 2. The number of nitrogens with zero attached hydrogens (tertiary/aromatic N) is 1. The molecule has 1 unspecified atom stereocenters. The molecule has 1 saturated carbocycles. The van der Waals surface area contributed by atoms with Crippen LogP contribution in [0.2, 0.25) is 0 Å². The van der Waals surface area contributed by atoms with E-state index in [0.29, 0.717) is 12.8 Å². The van der Waals surface area contributed by atoms with Gasteiger partial charge in [-0.05, 0) is 19.8 Å². The average molecular weight is 298 g/mol. The molecule has 0 aromatic heterocycles.